The molecule has 0 aliphatic heterocycles. The second kappa shape index (κ2) is 9.18. The number of hydrogen-bond acceptors (Lipinski definition) is 5. The van der Waals surface area contributed by atoms with Crippen LogP contribution in [0.3, 0.4) is 0 Å². The number of nitrogens with one attached hydrogen (secondary N) is 1. The lowest BCUT2D eigenvalue weighted by molar-refractivity contribution is 0.0635. The fourth-order valence-electron chi connectivity index (χ4n) is 3.19. The Balaban J connectivity index is 1.97. The van der Waals surface area contributed by atoms with Crippen molar-refractivity contribution in [3.63, 3.8) is 0 Å². The van der Waals surface area contributed by atoms with Crippen LogP contribution < -0.4 is 14.8 Å². The summed E-state index contributed by atoms with van der Waals surface area (Å²) in [5, 5.41) is 12.0. The van der Waals surface area contributed by atoms with E-state index in [1.807, 2.05) is 0 Å². The fraction of sp³-hybridized carbons (Fsp3) is 0.240. The van der Waals surface area contributed by atoms with E-state index in [0.717, 1.165) is 11.1 Å². The van der Waals surface area contributed by atoms with E-state index in [9.17, 15) is 14.3 Å². The van der Waals surface area contributed by atoms with Crippen molar-refractivity contribution in [2.24, 2.45) is 0 Å². The number of carbonyl (C=O) groups is 1. The van der Waals surface area contributed by atoms with E-state index in [4.69, 9.17) is 14.2 Å². The summed E-state index contributed by atoms with van der Waals surface area (Å²) in [6.07, 6.45) is -0.735. The van der Waals surface area contributed by atoms with E-state index >= 15 is 0 Å². The van der Waals surface area contributed by atoms with E-state index in [0.29, 0.717) is 22.6 Å². The van der Waals surface area contributed by atoms with Gasteiger partial charge < -0.3 is 19.3 Å². The SMILES string of the molecule is COc1cc(-c2ccc(NC(=O)OC(C)(C)C)c(F)c2)c(OC)cc1-c1ccc(O)cc1. The third-order valence-electron chi connectivity index (χ3n) is 4.62. The van der Waals surface area contributed by atoms with Crippen LogP contribution in [0.2, 0.25) is 0 Å². The van der Waals surface area contributed by atoms with Crippen LogP contribution in [0, 0.1) is 5.82 Å². The van der Waals surface area contributed by atoms with Gasteiger partial charge in [-0.05, 0) is 68.3 Å². The first-order chi connectivity index (χ1) is 15.1. The lowest BCUT2D eigenvalue weighted by Gasteiger charge is -2.20. The van der Waals surface area contributed by atoms with Crippen LogP contribution >= 0.6 is 0 Å². The largest absolute Gasteiger partial charge is 0.508 e. The Morgan fingerprint density at radius 3 is 1.91 bits per heavy atom. The molecule has 2 N–H and O–H groups in total. The van der Waals surface area contributed by atoms with Gasteiger partial charge in [0.15, 0.2) is 0 Å². The number of amides is 1. The van der Waals surface area contributed by atoms with Gasteiger partial charge >= 0.3 is 6.09 Å². The van der Waals surface area contributed by atoms with E-state index in [-0.39, 0.29) is 11.4 Å². The highest BCUT2D eigenvalue weighted by Gasteiger charge is 2.19. The number of hydrogen-bond donors (Lipinski definition) is 2. The number of phenols is 1. The van der Waals surface area contributed by atoms with Gasteiger partial charge in [-0.2, -0.15) is 0 Å². The zero-order valence-electron chi connectivity index (χ0n) is 18.7. The number of ether oxygens (including phenoxy) is 3. The first-order valence-corrected chi connectivity index (χ1v) is 9.96. The van der Waals surface area contributed by atoms with Gasteiger partial charge in [-0.1, -0.05) is 18.2 Å². The summed E-state index contributed by atoms with van der Waals surface area (Å²) in [5.41, 5.74) is 2.07. The maximum atomic E-state index is 14.8. The lowest BCUT2D eigenvalue weighted by Crippen LogP contribution is -2.27. The molecule has 0 aliphatic carbocycles. The second-order valence-corrected chi connectivity index (χ2v) is 8.12. The van der Waals surface area contributed by atoms with Gasteiger partial charge in [-0.3, -0.25) is 5.32 Å². The average Bonchev–Trinajstić information content (AvgIpc) is 2.73. The summed E-state index contributed by atoms with van der Waals surface area (Å²) >= 11 is 0. The minimum absolute atomic E-state index is 0.00893. The number of carbonyl (C=O) groups excluding carboxylic acids is 1. The molecule has 0 unspecified atom stereocenters. The predicted octanol–water partition coefficient (Wildman–Crippen LogP) is 6.23. The molecule has 0 aromatic heterocycles. The highest BCUT2D eigenvalue weighted by Crippen LogP contribution is 2.41. The first kappa shape index (κ1) is 22.9. The summed E-state index contributed by atoms with van der Waals surface area (Å²) in [4.78, 5) is 12.0. The molecule has 0 saturated carbocycles. The van der Waals surface area contributed by atoms with Crippen molar-refractivity contribution < 1.29 is 28.5 Å². The molecule has 1 amide bonds. The zero-order chi connectivity index (χ0) is 23.5. The summed E-state index contributed by atoms with van der Waals surface area (Å²) in [6, 6.07) is 14.7. The van der Waals surface area contributed by atoms with Crippen molar-refractivity contribution >= 4 is 11.8 Å². The molecular weight excluding hydrogens is 413 g/mol. The van der Waals surface area contributed by atoms with E-state index in [1.165, 1.54) is 19.2 Å². The molecule has 32 heavy (non-hydrogen) atoms. The third-order valence-corrected chi connectivity index (χ3v) is 4.62. The van der Waals surface area contributed by atoms with Gasteiger partial charge in [-0.15, -0.1) is 0 Å². The summed E-state index contributed by atoms with van der Waals surface area (Å²) in [6.45, 7) is 5.19. The van der Waals surface area contributed by atoms with E-state index in [1.54, 1.807) is 70.3 Å². The van der Waals surface area contributed by atoms with Crippen LogP contribution in [0.4, 0.5) is 14.9 Å². The Kier molecular flexibility index (Phi) is 6.58. The molecule has 0 heterocycles. The summed E-state index contributed by atoms with van der Waals surface area (Å²) in [7, 11) is 3.07. The maximum absolute atomic E-state index is 14.8. The molecular formula is C25H26FNO5. The second-order valence-electron chi connectivity index (χ2n) is 8.12. The average molecular weight is 439 g/mol. The Bertz CT molecular complexity index is 1120. The van der Waals surface area contributed by atoms with Crippen LogP contribution in [0.5, 0.6) is 17.2 Å². The van der Waals surface area contributed by atoms with Gasteiger partial charge in [0.2, 0.25) is 0 Å². The van der Waals surface area contributed by atoms with Crippen molar-refractivity contribution in [2.75, 3.05) is 19.5 Å². The quantitative estimate of drug-likeness (QED) is 0.493. The number of benzene rings is 3. The van der Waals surface area contributed by atoms with Crippen LogP contribution in [0.15, 0.2) is 54.6 Å². The molecule has 7 heteroatoms. The van der Waals surface area contributed by atoms with Crippen molar-refractivity contribution in [3.8, 4) is 39.5 Å². The van der Waals surface area contributed by atoms with E-state index < -0.39 is 17.5 Å². The number of halogens is 1. The van der Waals surface area contributed by atoms with Crippen LogP contribution in [-0.4, -0.2) is 31.0 Å². The Hall–Kier alpha value is -3.74. The Morgan fingerprint density at radius 2 is 1.41 bits per heavy atom. The molecule has 0 spiro atoms. The topological polar surface area (TPSA) is 77.0 Å². The molecule has 0 fully saturated rings. The molecule has 0 bridgehead atoms. The standard InChI is InChI=1S/C25H26FNO5/c1-25(2,3)32-24(29)27-21-11-8-16(12-20(21)26)19-14-22(30-4)18(13-23(19)31-5)15-6-9-17(28)10-7-15/h6-14,28H,1-5H3,(H,27,29). The molecule has 0 aliphatic rings. The highest BCUT2D eigenvalue weighted by atomic mass is 19.1. The van der Waals surface area contributed by atoms with Gasteiger partial charge in [0.25, 0.3) is 0 Å². The molecule has 0 atom stereocenters. The van der Waals surface area contributed by atoms with Crippen molar-refractivity contribution in [1.82, 2.24) is 0 Å². The smallest absolute Gasteiger partial charge is 0.412 e. The number of anilines is 1. The highest BCUT2D eigenvalue weighted by molar-refractivity contribution is 5.86. The summed E-state index contributed by atoms with van der Waals surface area (Å²) in [5.74, 6) is 0.618. The maximum Gasteiger partial charge on any atom is 0.412 e. The number of phenolic OH excluding ortho intramolecular Hbond substituents is 1. The fourth-order valence-corrected chi connectivity index (χ4v) is 3.19. The van der Waals surface area contributed by atoms with Crippen LogP contribution in [0.1, 0.15) is 20.8 Å². The molecule has 6 nitrogen and oxygen atoms in total. The molecule has 0 saturated heterocycles. The number of aromatic hydroxyl groups is 1. The third kappa shape index (κ3) is 5.29. The molecule has 3 rings (SSSR count). The van der Waals surface area contributed by atoms with Crippen molar-refractivity contribution in [2.45, 2.75) is 26.4 Å². The van der Waals surface area contributed by atoms with Crippen molar-refractivity contribution in [1.29, 1.82) is 0 Å². The van der Waals surface area contributed by atoms with Gasteiger partial charge in [0.05, 0.1) is 19.9 Å². The van der Waals surface area contributed by atoms with Gasteiger partial charge in [-0.25, -0.2) is 9.18 Å². The van der Waals surface area contributed by atoms with Crippen LogP contribution in [0.25, 0.3) is 22.3 Å². The number of rotatable bonds is 5. The monoisotopic (exact) mass is 439 g/mol. The predicted molar refractivity (Wildman–Crippen MR) is 122 cm³/mol. The van der Waals surface area contributed by atoms with E-state index in [2.05, 4.69) is 5.32 Å². The first-order valence-electron chi connectivity index (χ1n) is 9.96. The Labute approximate surface area is 186 Å². The molecule has 3 aromatic carbocycles. The summed E-state index contributed by atoms with van der Waals surface area (Å²) < 4.78 is 31.1. The normalized spacial score (nSPS) is 11.1. The van der Waals surface area contributed by atoms with Crippen molar-refractivity contribution in [3.05, 3.63) is 60.4 Å². The minimum atomic E-state index is -0.735. The molecule has 3 aromatic rings. The van der Waals surface area contributed by atoms with Gasteiger partial charge in [0.1, 0.15) is 28.7 Å². The van der Waals surface area contributed by atoms with Gasteiger partial charge in [0, 0.05) is 11.1 Å². The lowest BCUT2D eigenvalue weighted by atomic mass is 9.97. The molecule has 168 valence electrons. The Morgan fingerprint density at radius 1 is 0.875 bits per heavy atom. The minimum Gasteiger partial charge on any atom is -0.508 e. The molecule has 0 radical (unpaired) electrons. The zero-order valence-corrected chi connectivity index (χ0v) is 18.7. The van der Waals surface area contributed by atoms with Crippen LogP contribution in [-0.2, 0) is 4.74 Å². The number of methoxy groups -OCH3 is 2.